The van der Waals surface area contributed by atoms with Crippen molar-refractivity contribution >= 4 is 38.9 Å². The molecular weight excluding hydrogens is 438 g/mol. The Hall–Kier alpha value is -2.45. The molecule has 2 aromatic carbocycles. The molecule has 1 aliphatic heterocycles. The summed E-state index contributed by atoms with van der Waals surface area (Å²) in [7, 11) is -2.30. The summed E-state index contributed by atoms with van der Waals surface area (Å²) in [6, 6.07) is 12.7. The van der Waals surface area contributed by atoms with Crippen LogP contribution in [0.5, 0.6) is 5.75 Å². The van der Waals surface area contributed by atoms with Crippen LogP contribution in [0.1, 0.15) is 24.8 Å². The first-order valence-corrected chi connectivity index (χ1v) is 12.4. The third-order valence-corrected chi connectivity index (χ3v) is 6.61. The summed E-state index contributed by atoms with van der Waals surface area (Å²) in [4.78, 5) is 14.9. The van der Waals surface area contributed by atoms with Crippen LogP contribution in [0.4, 0.5) is 11.4 Å². The fourth-order valence-corrected chi connectivity index (χ4v) is 4.62. The molecule has 1 aliphatic rings. The molecule has 0 spiro atoms. The molecule has 2 aromatic rings. The highest BCUT2D eigenvalue weighted by Gasteiger charge is 2.24. The summed E-state index contributed by atoms with van der Waals surface area (Å²) < 4.78 is 30.9. The zero-order valence-electron chi connectivity index (χ0n) is 17.8. The van der Waals surface area contributed by atoms with Gasteiger partial charge in [0.05, 0.1) is 19.1 Å². The van der Waals surface area contributed by atoms with Crippen LogP contribution in [0.3, 0.4) is 0 Å². The summed E-state index contributed by atoms with van der Waals surface area (Å²) in [6.07, 6.45) is 4.75. The summed E-state index contributed by atoms with van der Waals surface area (Å²) in [5.74, 6) is -0.108. The number of hydrogen-bond donors (Lipinski definition) is 1. The normalized spacial score (nSPS) is 14.2. The average Bonchev–Trinajstić information content (AvgIpc) is 2.76. The molecule has 9 heteroatoms. The lowest BCUT2D eigenvalue weighted by molar-refractivity contribution is -0.119. The van der Waals surface area contributed by atoms with Crippen LogP contribution in [0.25, 0.3) is 0 Å². The lowest BCUT2D eigenvalue weighted by Crippen LogP contribution is -2.40. The molecule has 0 aliphatic carbocycles. The molecule has 168 valence electrons. The van der Waals surface area contributed by atoms with E-state index in [9.17, 15) is 13.2 Å². The summed E-state index contributed by atoms with van der Waals surface area (Å²) in [5.41, 5.74) is 2.35. The van der Waals surface area contributed by atoms with E-state index in [0.29, 0.717) is 17.3 Å². The molecule has 31 heavy (non-hydrogen) atoms. The molecule has 1 N–H and O–H groups in total. The van der Waals surface area contributed by atoms with Crippen molar-refractivity contribution in [2.45, 2.75) is 25.8 Å². The highest BCUT2D eigenvalue weighted by atomic mass is 35.5. The molecule has 0 radical (unpaired) electrons. The summed E-state index contributed by atoms with van der Waals surface area (Å²) >= 11 is 6.03. The standard InChI is InChI=1S/C22H28ClN3O4S/c1-30-21-11-8-18(23)14-20(21)26(31(2,28)29)16-22(27)24-15-17-6-9-19(10-7-17)25-12-4-3-5-13-25/h6-11,14H,3-5,12-13,15-16H2,1-2H3,(H,24,27). The van der Waals surface area contributed by atoms with Crippen molar-refractivity contribution in [2.24, 2.45) is 0 Å². The number of nitrogens with zero attached hydrogens (tertiary/aromatic N) is 2. The van der Waals surface area contributed by atoms with Gasteiger partial charge in [-0.05, 0) is 55.2 Å². The van der Waals surface area contributed by atoms with Crippen molar-refractivity contribution in [2.75, 3.05) is 42.2 Å². The maximum absolute atomic E-state index is 12.5. The van der Waals surface area contributed by atoms with Crippen LogP contribution in [0.2, 0.25) is 5.02 Å². The number of rotatable bonds is 8. The number of ether oxygens (including phenoxy) is 1. The number of carbonyl (C=O) groups is 1. The number of hydrogen-bond acceptors (Lipinski definition) is 5. The van der Waals surface area contributed by atoms with E-state index in [4.69, 9.17) is 16.3 Å². The van der Waals surface area contributed by atoms with Crippen molar-refractivity contribution in [1.82, 2.24) is 5.32 Å². The van der Waals surface area contributed by atoms with Gasteiger partial charge in [0, 0.05) is 30.3 Å². The number of benzene rings is 2. The van der Waals surface area contributed by atoms with Crippen LogP contribution >= 0.6 is 11.6 Å². The van der Waals surface area contributed by atoms with Gasteiger partial charge in [0.15, 0.2) is 0 Å². The minimum atomic E-state index is -3.74. The number of halogens is 1. The molecule has 1 amide bonds. The Kier molecular flexibility index (Phi) is 7.67. The number of amides is 1. The molecule has 0 saturated carbocycles. The van der Waals surface area contributed by atoms with E-state index >= 15 is 0 Å². The molecule has 0 atom stereocenters. The first-order valence-electron chi connectivity index (χ1n) is 10.2. The van der Waals surface area contributed by atoms with Gasteiger partial charge in [-0.2, -0.15) is 0 Å². The Bertz CT molecular complexity index is 1010. The zero-order valence-corrected chi connectivity index (χ0v) is 19.4. The number of piperidine rings is 1. The Labute approximate surface area is 189 Å². The molecule has 0 bridgehead atoms. The van der Waals surface area contributed by atoms with Crippen molar-refractivity contribution in [1.29, 1.82) is 0 Å². The van der Waals surface area contributed by atoms with Gasteiger partial charge in [-0.1, -0.05) is 23.7 Å². The van der Waals surface area contributed by atoms with E-state index in [-0.39, 0.29) is 12.2 Å². The van der Waals surface area contributed by atoms with Crippen molar-refractivity contribution in [3.8, 4) is 5.75 Å². The van der Waals surface area contributed by atoms with E-state index in [0.717, 1.165) is 29.2 Å². The lowest BCUT2D eigenvalue weighted by Gasteiger charge is -2.28. The first-order chi connectivity index (χ1) is 14.8. The maximum Gasteiger partial charge on any atom is 0.241 e. The quantitative estimate of drug-likeness (QED) is 0.646. The van der Waals surface area contributed by atoms with E-state index in [1.807, 2.05) is 12.1 Å². The van der Waals surface area contributed by atoms with Crippen molar-refractivity contribution in [3.05, 3.63) is 53.1 Å². The van der Waals surface area contributed by atoms with Crippen LogP contribution in [0, 0.1) is 0 Å². The van der Waals surface area contributed by atoms with Gasteiger partial charge in [-0.25, -0.2) is 8.42 Å². The zero-order chi connectivity index (χ0) is 22.4. The fourth-order valence-electron chi connectivity index (χ4n) is 3.60. The fraction of sp³-hybridized carbons (Fsp3) is 0.409. The van der Waals surface area contributed by atoms with E-state index in [2.05, 4.69) is 22.3 Å². The second kappa shape index (κ2) is 10.2. The molecule has 7 nitrogen and oxygen atoms in total. The van der Waals surface area contributed by atoms with E-state index in [1.165, 1.54) is 38.1 Å². The summed E-state index contributed by atoms with van der Waals surface area (Å²) in [6.45, 7) is 2.08. The second-order valence-electron chi connectivity index (χ2n) is 7.58. The Balaban J connectivity index is 1.65. The minimum absolute atomic E-state index is 0.221. The number of sulfonamides is 1. The van der Waals surface area contributed by atoms with Gasteiger partial charge in [-0.3, -0.25) is 9.10 Å². The van der Waals surface area contributed by atoms with E-state index in [1.54, 1.807) is 12.1 Å². The van der Waals surface area contributed by atoms with Gasteiger partial charge in [0.25, 0.3) is 0 Å². The van der Waals surface area contributed by atoms with Gasteiger partial charge in [0.2, 0.25) is 15.9 Å². The summed E-state index contributed by atoms with van der Waals surface area (Å²) in [5, 5.41) is 3.14. The highest BCUT2D eigenvalue weighted by Crippen LogP contribution is 2.32. The topological polar surface area (TPSA) is 79.0 Å². The van der Waals surface area contributed by atoms with Crippen LogP contribution in [-0.2, 0) is 21.4 Å². The van der Waals surface area contributed by atoms with Gasteiger partial charge >= 0.3 is 0 Å². The third-order valence-electron chi connectivity index (χ3n) is 5.24. The molecule has 1 heterocycles. The molecule has 1 saturated heterocycles. The molecule has 0 unspecified atom stereocenters. The highest BCUT2D eigenvalue weighted by molar-refractivity contribution is 7.92. The number of carbonyl (C=O) groups excluding carboxylic acids is 1. The molecule has 1 fully saturated rings. The predicted octanol–water partition coefficient (Wildman–Crippen LogP) is 3.42. The average molecular weight is 466 g/mol. The minimum Gasteiger partial charge on any atom is -0.495 e. The SMILES string of the molecule is COc1ccc(Cl)cc1N(CC(=O)NCc1ccc(N2CCCCC2)cc1)S(C)(=O)=O. The smallest absolute Gasteiger partial charge is 0.241 e. The molecular formula is C22H28ClN3O4S. The number of nitrogens with one attached hydrogen (secondary N) is 1. The third kappa shape index (κ3) is 6.27. The number of methoxy groups -OCH3 is 1. The molecule has 3 rings (SSSR count). The Morgan fingerprint density at radius 1 is 1.13 bits per heavy atom. The maximum atomic E-state index is 12.5. The lowest BCUT2D eigenvalue weighted by atomic mass is 10.1. The van der Waals surface area contributed by atoms with Crippen molar-refractivity contribution in [3.63, 3.8) is 0 Å². The van der Waals surface area contributed by atoms with Crippen LogP contribution in [-0.4, -0.2) is 47.3 Å². The predicted molar refractivity (Wildman–Crippen MR) is 125 cm³/mol. The second-order valence-corrected chi connectivity index (χ2v) is 9.92. The Morgan fingerprint density at radius 2 is 1.81 bits per heavy atom. The van der Waals surface area contributed by atoms with Gasteiger partial charge in [0.1, 0.15) is 12.3 Å². The molecule has 0 aromatic heterocycles. The van der Waals surface area contributed by atoms with E-state index < -0.39 is 15.9 Å². The van der Waals surface area contributed by atoms with Gasteiger partial charge < -0.3 is 15.0 Å². The monoisotopic (exact) mass is 465 g/mol. The first kappa shape index (κ1) is 23.2. The van der Waals surface area contributed by atoms with Gasteiger partial charge in [-0.15, -0.1) is 0 Å². The van der Waals surface area contributed by atoms with Crippen LogP contribution < -0.4 is 19.3 Å². The van der Waals surface area contributed by atoms with Crippen molar-refractivity contribution < 1.29 is 17.9 Å². The number of anilines is 2. The Morgan fingerprint density at radius 3 is 2.42 bits per heavy atom. The van der Waals surface area contributed by atoms with Crippen LogP contribution in [0.15, 0.2) is 42.5 Å². The largest absolute Gasteiger partial charge is 0.495 e.